The molecule has 1 N–H and O–H groups in total. The molecule has 0 saturated heterocycles. The zero-order chi connectivity index (χ0) is 17.7. The molecule has 0 aliphatic heterocycles. The largest absolute Gasteiger partial charge is 0.493 e. The smallest absolute Gasteiger partial charge is 0.293 e. The van der Waals surface area contributed by atoms with E-state index in [1.54, 1.807) is 37.2 Å². The fourth-order valence-corrected chi connectivity index (χ4v) is 2.50. The second-order valence-corrected chi connectivity index (χ2v) is 6.13. The van der Waals surface area contributed by atoms with Gasteiger partial charge in [-0.25, -0.2) is 5.43 Å². The van der Waals surface area contributed by atoms with Crippen LogP contribution in [0.5, 0.6) is 11.5 Å². The summed E-state index contributed by atoms with van der Waals surface area (Å²) < 4.78 is 13.1. The van der Waals surface area contributed by atoms with Gasteiger partial charge in [0, 0.05) is 13.2 Å². The zero-order valence-corrected chi connectivity index (χ0v) is 15.5. The Labute approximate surface area is 148 Å². The number of carbonyl (C=O) groups is 1. The average Bonchev–Trinajstić information content (AvgIpc) is 2.86. The van der Waals surface area contributed by atoms with Crippen molar-refractivity contribution >= 4 is 28.1 Å². The number of carbonyl (C=O) groups excluding carboxylic acids is 1. The number of aromatic nitrogens is 2. The Morgan fingerprint density at radius 1 is 1.42 bits per heavy atom. The summed E-state index contributed by atoms with van der Waals surface area (Å²) in [6.45, 7) is 3.89. The SMILES string of the molecule is COc1cc(/C=N/NC(=O)c2nn(C)cc2Br)ccc1OC(C)C. The molecule has 1 heterocycles. The van der Waals surface area contributed by atoms with Gasteiger partial charge >= 0.3 is 0 Å². The van der Waals surface area contributed by atoms with Crippen LogP contribution in [0.1, 0.15) is 29.9 Å². The van der Waals surface area contributed by atoms with Gasteiger partial charge in [0.15, 0.2) is 17.2 Å². The molecule has 0 unspecified atom stereocenters. The Morgan fingerprint density at radius 2 is 2.17 bits per heavy atom. The Hall–Kier alpha value is -2.35. The maximum atomic E-state index is 12.0. The van der Waals surface area contributed by atoms with Crippen molar-refractivity contribution in [2.45, 2.75) is 20.0 Å². The number of hydrazone groups is 1. The fourth-order valence-electron chi connectivity index (χ4n) is 1.95. The number of aryl methyl sites for hydroxylation is 1. The quantitative estimate of drug-likeness (QED) is 0.603. The van der Waals surface area contributed by atoms with E-state index in [1.807, 2.05) is 19.9 Å². The topological polar surface area (TPSA) is 77.7 Å². The molecule has 0 radical (unpaired) electrons. The van der Waals surface area contributed by atoms with Crippen molar-refractivity contribution in [3.63, 3.8) is 0 Å². The van der Waals surface area contributed by atoms with Crippen LogP contribution in [-0.4, -0.2) is 35.1 Å². The lowest BCUT2D eigenvalue weighted by Gasteiger charge is -2.13. The van der Waals surface area contributed by atoms with Crippen LogP contribution < -0.4 is 14.9 Å². The molecule has 0 saturated carbocycles. The van der Waals surface area contributed by atoms with Crippen LogP contribution in [-0.2, 0) is 7.05 Å². The first-order valence-corrected chi connectivity index (χ1v) is 8.07. The number of hydrogen-bond donors (Lipinski definition) is 1. The summed E-state index contributed by atoms with van der Waals surface area (Å²) in [7, 11) is 3.31. The van der Waals surface area contributed by atoms with Crippen LogP contribution in [0.2, 0.25) is 0 Å². The number of rotatable bonds is 6. The number of hydrogen-bond acceptors (Lipinski definition) is 5. The third-order valence-corrected chi connectivity index (χ3v) is 3.51. The van der Waals surface area contributed by atoms with Gasteiger partial charge in [-0.2, -0.15) is 10.2 Å². The Balaban J connectivity index is 2.06. The standard InChI is InChI=1S/C16H19BrN4O3/c1-10(2)24-13-6-5-11(7-14(13)23-4)8-18-19-16(22)15-12(17)9-21(3)20-15/h5-10H,1-4H3,(H,19,22)/b18-8+. The summed E-state index contributed by atoms with van der Waals surface area (Å²) >= 11 is 3.27. The fraction of sp³-hybridized carbons (Fsp3) is 0.312. The number of methoxy groups -OCH3 is 1. The van der Waals surface area contributed by atoms with Crippen molar-refractivity contribution in [3.05, 3.63) is 40.1 Å². The number of nitrogens with zero attached hydrogens (tertiary/aromatic N) is 3. The summed E-state index contributed by atoms with van der Waals surface area (Å²) in [5.41, 5.74) is 3.48. The number of amides is 1. The first-order chi connectivity index (χ1) is 11.4. The van der Waals surface area contributed by atoms with Gasteiger partial charge in [0.05, 0.1) is 23.9 Å². The highest BCUT2D eigenvalue weighted by molar-refractivity contribution is 9.10. The molecule has 0 aliphatic rings. The van der Waals surface area contributed by atoms with Crippen LogP contribution in [0, 0.1) is 0 Å². The molecule has 1 aromatic heterocycles. The van der Waals surface area contributed by atoms with Crippen LogP contribution in [0.4, 0.5) is 0 Å². The summed E-state index contributed by atoms with van der Waals surface area (Å²) in [6, 6.07) is 5.41. The number of nitrogens with one attached hydrogen (secondary N) is 1. The van der Waals surface area contributed by atoms with Crippen molar-refractivity contribution in [1.29, 1.82) is 0 Å². The van der Waals surface area contributed by atoms with Crippen molar-refractivity contribution in [2.75, 3.05) is 7.11 Å². The molecule has 0 bridgehead atoms. The highest BCUT2D eigenvalue weighted by Gasteiger charge is 2.13. The van der Waals surface area contributed by atoms with E-state index in [2.05, 4.69) is 31.6 Å². The minimum atomic E-state index is -0.398. The molecular weight excluding hydrogens is 376 g/mol. The first-order valence-electron chi connectivity index (χ1n) is 7.28. The molecular formula is C16H19BrN4O3. The predicted octanol–water partition coefficient (Wildman–Crippen LogP) is 2.74. The van der Waals surface area contributed by atoms with Crippen LogP contribution in [0.25, 0.3) is 0 Å². The van der Waals surface area contributed by atoms with E-state index in [0.717, 1.165) is 5.56 Å². The van der Waals surface area contributed by atoms with Gasteiger partial charge in [0.2, 0.25) is 0 Å². The maximum absolute atomic E-state index is 12.0. The van der Waals surface area contributed by atoms with Crippen LogP contribution in [0.3, 0.4) is 0 Å². The highest BCUT2D eigenvalue weighted by atomic mass is 79.9. The van der Waals surface area contributed by atoms with Gasteiger partial charge in [-0.15, -0.1) is 0 Å². The number of benzene rings is 1. The molecule has 1 aromatic carbocycles. The van der Waals surface area contributed by atoms with Crippen molar-refractivity contribution in [3.8, 4) is 11.5 Å². The zero-order valence-electron chi connectivity index (χ0n) is 13.9. The second kappa shape index (κ2) is 7.96. The number of ether oxygens (including phenoxy) is 2. The maximum Gasteiger partial charge on any atom is 0.293 e. The van der Waals surface area contributed by atoms with E-state index in [-0.39, 0.29) is 11.8 Å². The lowest BCUT2D eigenvalue weighted by molar-refractivity contribution is 0.0948. The molecule has 2 rings (SSSR count). The average molecular weight is 395 g/mol. The van der Waals surface area contributed by atoms with E-state index in [9.17, 15) is 4.79 Å². The summed E-state index contributed by atoms with van der Waals surface area (Å²) in [6.07, 6.45) is 3.27. The van der Waals surface area contributed by atoms with Crippen molar-refractivity contribution in [2.24, 2.45) is 12.1 Å². The van der Waals surface area contributed by atoms with Crippen molar-refractivity contribution in [1.82, 2.24) is 15.2 Å². The molecule has 0 atom stereocenters. The Morgan fingerprint density at radius 3 is 2.75 bits per heavy atom. The van der Waals surface area contributed by atoms with Crippen LogP contribution in [0.15, 0.2) is 34.0 Å². The molecule has 0 fully saturated rings. The molecule has 24 heavy (non-hydrogen) atoms. The molecule has 2 aromatic rings. The Kier molecular flexibility index (Phi) is 5.97. The van der Waals surface area contributed by atoms with E-state index < -0.39 is 5.91 Å². The normalized spacial score (nSPS) is 11.1. The summed E-state index contributed by atoms with van der Waals surface area (Å²) in [5, 5.41) is 7.99. The Bertz CT molecular complexity index is 756. The monoisotopic (exact) mass is 394 g/mol. The highest BCUT2D eigenvalue weighted by Crippen LogP contribution is 2.28. The van der Waals surface area contributed by atoms with Gasteiger partial charge in [-0.05, 0) is 53.5 Å². The predicted molar refractivity (Wildman–Crippen MR) is 94.7 cm³/mol. The third kappa shape index (κ3) is 4.58. The molecule has 7 nitrogen and oxygen atoms in total. The minimum Gasteiger partial charge on any atom is -0.493 e. The van der Waals surface area contributed by atoms with Gasteiger partial charge < -0.3 is 9.47 Å². The molecule has 128 valence electrons. The lowest BCUT2D eigenvalue weighted by atomic mass is 10.2. The van der Waals surface area contributed by atoms with E-state index >= 15 is 0 Å². The minimum absolute atomic E-state index is 0.0505. The lowest BCUT2D eigenvalue weighted by Crippen LogP contribution is -2.19. The molecule has 1 amide bonds. The molecule has 0 spiro atoms. The van der Waals surface area contributed by atoms with Crippen molar-refractivity contribution < 1.29 is 14.3 Å². The number of halogens is 1. The third-order valence-electron chi connectivity index (χ3n) is 2.93. The summed E-state index contributed by atoms with van der Waals surface area (Å²) in [4.78, 5) is 12.0. The first kappa shape index (κ1) is 18.0. The van der Waals surface area contributed by atoms with Crippen LogP contribution >= 0.6 is 15.9 Å². The van der Waals surface area contributed by atoms with Gasteiger partial charge in [0.1, 0.15) is 0 Å². The van der Waals surface area contributed by atoms with Gasteiger partial charge in [0.25, 0.3) is 5.91 Å². The van der Waals surface area contributed by atoms with Gasteiger partial charge in [-0.1, -0.05) is 0 Å². The van der Waals surface area contributed by atoms with E-state index in [1.165, 1.54) is 6.21 Å². The molecule has 0 aliphatic carbocycles. The van der Waals surface area contributed by atoms with E-state index in [0.29, 0.717) is 16.0 Å². The second-order valence-electron chi connectivity index (χ2n) is 5.28. The molecule has 8 heteroatoms. The summed E-state index contributed by atoms with van der Waals surface area (Å²) in [5.74, 6) is 0.864. The van der Waals surface area contributed by atoms with E-state index in [4.69, 9.17) is 9.47 Å². The van der Waals surface area contributed by atoms with Gasteiger partial charge in [-0.3, -0.25) is 9.48 Å².